The quantitative estimate of drug-likeness (QED) is 0.795. The zero-order valence-electron chi connectivity index (χ0n) is 11.8. The highest BCUT2D eigenvalue weighted by molar-refractivity contribution is 5.76. The molecule has 2 atom stereocenters. The molecule has 3 heteroatoms. The Bertz CT molecular complexity index is 237. The van der Waals surface area contributed by atoms with E-state index in [0.717, 1.165) is 19.5 Å². The first kappa shape index (κ1) is 14.5. The molecule has 1 heterocycles. The smallest absolute Gasteiger partial charge is 0.220 e. The molecule has 1 aliphatic rings. The average molecular weight is 240 g/mol. The Morgan fingerprint density at radius 2 is 2.12 bits per heavy atom. The predicted octanol–water partition coefficient (Wildman–Crippen LogP) is 2.32. The molecule has 0 radical (unpaired) electrons. The van der Waals surface area contributed by atoms with Crippen molar-refractivity contribution in [2.75, 3.05) is 13.1 Å². The summed E-state index contributed by atoms with van der Waals surface area (Å²) in [6.45, 7) is 10.7. The molecule has 2 unspecified atom stereocenters. The van der Waals surface area contributed by atoms with Gasteiger partial charge in [-0.15, -0.1) is 0 Å². The van der Waals surface area contributed by atoms with Crippen LogP contribution >= 0.6 is 0 Å². The van der Waals surface area contributed by atoms with Crippen LogP contribution in [0.5, 0.6) is 0 Å². The number of carbonyl (C=O) groups excluding carboxylic acids is 1. The van der Waals surface area contributed by atoms with Gasteiger partial charge in [0.2, 0.25) is 5.91 Å². The number of amides is 1. The Hall–Kier alpha value is -0.570. The van der Waals surface area contributed by atoms with E-state index in [9.17, 15) is 4.79 Å². The van der Waals surface area contributed by atoms with Gasteiger partial charge in [0.15, 0.2) is 0 Å². The molecule has 1 aliphatic heterocycles. The topological polar surface area (TPSA) is 41.1 Å². The predicted molar refractivity (Wildman–Crippen MR) is 71.9 cm³/mol. The van der Waals surface area contributed by atoms with Crippen molar-refractivity contribution < 1.29 is 4.79 Å². The summed E-state index contributed by atoms with van der Waals surface area (Å²) in [7, 11) is 0. The zero-order chi connectivity index (χ0) is 12.9. The average Bonchev–Trinajstić information content (AvgIpc) is 2.44. The van der Waals surface area contributed by atoms with Crippen LogP contribution in [0, 0.1) is 11.3 Å². The van der Waals surface area contributed by atoms with E-state index < -0.39 is 0 Å². The van der Waals surface area contributed by atoms with Crippen molar-refractivity contribution in [3.05, 3.63) is 0 Å². The summed E-state index contributed by atoms with van der Waals surface area (Å²) in [6, 6.07) is 0.331. The van der Waals surface area contributed by atoms with Gasteiger partial charge < -0.3 is 10.6 Å². The molecule has 0 aromatic carbocycles. The van der Waals surface area contributed by atoms with Gasteiger partial charge in [0.1, 0.15) is 0 Å². The highest BCUT2D eigenvalue weighted by Crippen LogP contribution is 2.27. The van der Waals surface area contributed by atoms with E-state index in [1.54, 1.807) is 0 Å². The Morgan fingerprint density at radius 3 is 2.76 bits per heavy atom. The van der Waals surface area contributed by atoms with Crippen molar-refractivity contribution in [3.63, 3.8) is 0 Å². The molecular weight excluding hydrogens is 212 g/mol. The van der Waals surface area contributed by atoms with Gasteiger partial charge >= 0.3 is 0 Å². The number of nitrogens with one attached hydrogen (secondary N) is 2. The number of carbonyl (C=O) groups is 1. The van der Waals surface area contributed by atoms with Crippen LogP contribution in [0.4, 0.5) is 0 Å². The third kappa shape index (κ3) is 5.53. The maximum Gasteiger partial charge on any atom is 0.220 e. The SMILES string of the molecule is CC(CC(=O)NC1CCCCNC1)C(C)(C)C. The molecule has 1 fully saturated rings. The molecule has 0 aromatic heterocycles. The van der Waals surface area contributed by atoms with E-state index in [4.69, 9.17) is 0 Å². The molecule has 3 nitrogen and oxygen atoms in total. The van der Waals surface area contributed by atoms with Gasteiger partial charge in [0.25, 0.3) is 0 Å². The van der Waals surface area contributed by atoms with Crippen molar-refractivity contribution in [2.24, 2.45) is 11.3 Å². The van der Waals surface area contributed by atoms with Crippen LogP contribution in [0.15, 0.2) is 0 Å². The molecule has 1 amide bonds. The van der Waals surface area contributed by atoms with Crippen LogP contribution in [-0.2, 0) is 4.79 Å². The van der Waals surface area contributed by atoms with Gasteiger partial charge in [0, 0.05) is 19.0 Å². The Kier molecular flexibility index (Phi) is 5.44. The van der Waals surface area contributed by atoms with Gasteiger partial charge in [-0.1, -0.05) is 34.1 Å². The monoisotopic (exact) mass is 240 g/mol. The largest absolute Gasteiger partial charge is 0.352 e. The minimum Gasteiger partial charge on any atom is -0.352 e. The summed E-state index contributed by atoms with van der Waals surface area (Å²) in [4.78, 5) is 11.9. The van der Waals surface area contributed by atoms with Crippen molar-refractivity contribution in [3.8, 4) is 0 Å². The maximum atomic E-state index is 11.9. The molecule has 0 saturated carbocycles. The Morgan fingerprint density at radius 1 is 1.41 bits per heavy atom. The zero-order valence-corrected chi connectivity index (χ0v) is 11.8. The van der Waals surface area contributed by atoms with Gasteiger partial charge in [-0.2, -0.15) is 0 Å². The molecule has 100 valence electrons. The first-order valence-corrected chi connectivity index (χ1v) is 6.89. The first-order valence-electron chi connectivity index (χ1n) is 6.89. The number of rotatable bonds is 3. The molecule has 17 heavy (non-hydrogen) atoms. The van der Waals surface area contributed by atoms with E-state index in [1.165, 1.54) is 12.8 Å². The van der Waals surface area contributed by atoms with Crippen LogP contribution in [0.2, 0.25) is 0 Å². The number of hydrogen-bond donors (Lipinski definition) is 2. The molecule has 0 aromatic rings. The van der Waals surface area contributed by atoms with Crippen LogP contribution in [0.25, 0.3) is 0 Å². The van der Waals surface area contributed by atoms with Crippen LogP contribution in [0.3, 0.4) is 0 Å². The normalized spacial score (nSPS) is 23.9. The minimum absolute atomic E-state index is 0.207. The van der Waals surface area contributed by atoms with E-state index in [2.05, 4.69) is 38.3 Å². The standard InChI is InChI=1S/C14H28N2O/c1-11(14(2,3)4)9-13(17)16-12-7-5-6-8-15-10-12/h11-12,15H,5-10H2,1-4H3,(H,16,17). The fourth-order valence-corrected chi connectivity index (χ4v) is 2.01. The molecule has 2 N–H and O–H groups in total. The lowest BCUT2D eigenvalue weighted by atomic mass is 9.80. The van der Waals surface area contributed by atoms with Crippen molar-refractivity contribution in [2.45, 2.75) is 59.4 Å². The highest BCUT2D eigenvalue weighted by atomic mass is 16.1. The number of hydrogen-bond acceptors (Lipinski definition) is 2. The molecule has 0 spiro atoms. The lowest BCUT2D eigenvalue weighted by Crippen LogP contribution is -2.41. The summed E-state index contributed by atoms with van der Waals surface area (Å²) in [5.74, 6) is 0.627. The summed E-state index contributed by atoms with van der Waals surface area (Å²) >= 11 is 0. The third-order valence-electron chi connectivity index (χ3n) is 3.88. The summed E-state index contributed by atoms with van der Waals surface area (Å²) in [5.41, 5.74) is 0.207. The van der Waals surface area contributed by atoms with Crippen LogP contribution in [0.1, 0.15) is 53.4 Å². The second-order valence-electron chi connectivity index (χ2n) is 6.44. The van der Waals surface area contributed by atoms with Crippen LogP contribution in [-0.4, -0.2) is 25.0 Å². The van der Waals surface area contributed by atoms with Crippen molar-refractivity contribution in [1.82, 2.24) is 10.6 Å². The first-order chi connectivity index (χ1) is 7.89. The van der Waals surface area contributed by atoms with E-state index in [1.807, 2.05) is 0 Å². The molecule has 1 rings (SSSR count). The highest BCUT2D eigenvalue weighted by Gasteiger charge is 2.23. The summed E-state index contributed by atoms with van der Waals surface area (Å²) in [5, 5.41) is 6.53. The minimum atomic E-state index is 0.207. The van der Waals surface area contributed by atoms with E-state index >= 15 is 0 Å². The summed E-state index contributed by atoms with van der Waals surface area (Å²) < 4.78 is 0. The maximum absolute atomic E-state index is 11.9. The Labute approximate surface area is 106 Å². The van der Waals surface area contributed by atoms with Gasteiger partial charge in [-0.05, 0) is 30.7 Å². The Balaban J connectivity index is 2.33. The second kappa shape index (κ2) is 6.39. The van der Waals surface area contributed by atoms with E-state index in [-0.39, 0.29) is 11.3 Å². The summed E-state index contributed by atoms with van der Waals surface area (Å²) in [6.07, 6.45) is 4.19. The lowest BCUT2D eigenvalue weighted by Gasteiger charge is -2.27. The third-order valence-corrected chi connectivity index (χ3v) is 3.88. The molecule has 0 bridgehead atoms. The molecular formula is C14H28N2O. The van der Waals surface area contributed by atoms with Crippen molar-refractivity contribution in [1.29, 1.82) is 0 Å². The van der Waals surface area contributed by atoms with E-state index in [0.29, 0.717) is 18.4 Å². The fraction of sp³-hybridized carbons (Fsp3) is 0.929. The fourth-order valence-electron chi connectivity index (χ4n) is 2.01. The second-order valence-corrected chi connectivity index (χ2v) is 6.44. The van der Waals surface area contributed by atoms with Crippen molar-refractivity contribution >= 4 is 5.91 Å². The molecule has 0 aliphatic carbocycles. The van der Waals surface area contributed by atoms with Gasteiger partial charge in [-0.3, -0.25) is 4.79 Å². The lowest BCUT2D eigenvalue weighted by molar-refractivity contribution is -0.123. The van der Waals surface area contributed by atoms with Gasteiger partial charge in [0.05, 0.1) is 0 Å². The van der Waals surface area contributed by atoms with Crippen LogP contribution < -0.4 is 10.6 Å². The van der Waals surface area contributed by atoms with Gasteiger partial charge in [-0.25, -0.2) is 0 Å². The molecule has 1 saturated heterocycles.